The van der Waals surface area contributed by atoms with E-state index in [-0.39, 0.29) is 38.8 Å². The van der Waals surface area contributed by atoms with E-state index in [1.54, 1.807) is 12.1 Å². The van der Waals surface area contributed by atoms with Crippen LogP contribution in [0.5, 0.6) is 0 Å². The maximum Gasteiger partial charge on any atom is 0.254 e. The maximum absolute atomic E-state index is 12.0. The van der Waals surface area contributed by atoms with Gasteiger partial charge in [-0.25, -0.2) is 0 Å². The highest BCUT2D eigenvalue weighted by Crippen LogP contribution is 2.06. The van der Waals surface area contributed by atoms with E-state index in [2.05, 4.69) is 4.98 Å². The average molecular weight is 239 g/mol. The average Bonchev–Trinajstić information content (AvgIpc) is 2.38. The third-order valence-electron chi connectivity index (χ3n) is 2.30. The number of hydrogen-bond donors (Lipinski definition) is 3. The Bertz CT molecular complexity index is 365. The van der Waals surface area contributed by atoms with Crippen LogP contribution in [-0.2, 0) is 6.54 Å². The Kier molecular flexibility index (Phi) is 5.55. The number of pyridine rings is 1. The first-order valence-corrected chi connectivity index (χ1v) is 5.39. The van der Waals surface area contributed by atoms with Crippen molar-refractivity contribution in [3.63, 3.8) is 0 Å². The van der Waals surface area contributed by atoms with E-state index in [4.69, 9.17) is 15.9 Å². The van der Waals surface area contributed by atoms with Crippen LogP contribution < -0.4 is 5.73 Å². The van der Waals surface area contributed by atoms with E-state index < -0.39 is 0 Å². The van der Waals surface area contributed by atoms with E-state index in [0.29, 0.717) is 11.3 Å². The minimum Gasteiger partial charge on any atom is -0.395 e. The lowest BCUT2D eigenvalue weighted by Crippen LogP contribution is -2.35. The van der Waals surface area contributed by atoms with Crippen LogP contribution in [0, 0.1) is 0 Å². The number of aromatic nitrogens is 1. The number of aliphatic hydroxyl groups is 2. The van der Waals surface area contributed by atoms with Crippen molar-refractivity contribution in [2.75, 3.05) is 26.3 Å². The first kappa shape index (κ1) is 13.6. The molecule has 0 saturated carbocycles. The molecular weight excluding hydrogens is 222 g/mol. The number of nitrogens with two attached hydrogens (primary N) is 1. The molecule has 1 amide bonds. The smallest absolute Gasteiger partial charge is 0.254 e. The van der Waals surface area contributed by atoms with Crippen LogP contribution in [0.3, 0.4) is 0 Å². The molecule has 17 heavy (non-hydrogen) atoms. The highest BCUT2D eigenvalue weighted by atomic mass is 16.3. The fourth-order valence-electron chi connectivity index (χ4n) is 1.46. The summed E-state index contributed by atoms with van der Waals surface area (Å²) in [6.07, 6.45) is 1.52. The number of aliphatic hydroxyl groups excluding tert-OH is 2. The van der Waals surface area contributed by atoms with Crippen LogP contribution >= 0.6 is 0 Å². The minimum atomic E-state index is -0.245. The van der Waals surface area contributed by atoms with Crippen LogP contribution in [-0.4, -0.2) is 52.3 Å². The molecule has 6 heteroatoms. The standard InChI is InChI=1S/C11H17N3O3/c12-8-10-7-9(1-2-13-10)11(17)14(3-5-15)4-6-16/h1-2,7,15-16H,3-6,8,12H2. The van der Waals surface area contributed by atoms with Crippen molar-refractivity contribution >= 4 is 5.91 Å². The van der Waals surface area contributed by atoms with E-state index in [1.165, 1.54) is 11.1 Å². The van der Waals surface area contributed by atoms with E-state index in [1.807, 2.05) is 0 Å². The third-order valence-corrected chi connectivity index (χ3v) is 2.30. The molecule has 1 aromatic heterocycles. The Balaban J connectivity index is 2.84. The molecule has 94 valence electrons. The molecule has 0 bridgehead atoms. The number of rotatable bonds is 6. The Morgan fingerprint density at radius 3 is 2.53 bits per heavy atom. The molecule has 0 radical (unpaired) electrons. The molecule has 6 nitrogen and oxygen atoms in total. The van der Waals surface area contributed by atoms with Gasteiger partial charge in [0.2, 0.25) is 0 Å². The zero-order chi connectivity index (χ0) is 12.7. The van der Waals surface area contributed by atoms with Crippen molar-refractivity contribution < 1.29 is 15.0 Å². The van der Waals surface area contributed by atoms with Gasteiger partial charge in [-0.2, -0.15) is 0 Å². The van der Waals surface area contributed by atoms with Gasteiger partial charge in [0.05, 0.1) is 18.9 Å². The third kappa shape index (κ3) is 3.77. The molecule has 4 N–H and O–H groups in total. The molecule has 0 aliphatic heterocycles. The van der Waals surface area contributed by atoms with Gasteiger partial charge in [-0.05, 0) is 12.1 Å². The molecule has 0 aliphatic rings. The van der Waals surface area contributed by atoms with Gasteiger partial charge < -0.3 is 20.8 Å². The monoisotopic (exact) mass is 239 g/mol. The number of hydrogen-bond acceptors (Lipinski definition) is 5. The van der Waals surface area contributed by atoms with Gasteiger partial charge in [0.15, 0.2) is 0 Å². The second kappa shape index (κ2) is 6.95. The highest BCUT2D eigenvalue weighted by Gasteiger charge is 2.15. The van der Waals surface area contributed by atoms with Gasteiger partial charge in [-0.3, -0.25) is 9.78 Å². The first-order valence-electron chi connectivity index (χ1n) is 5.39. The summed E-state index contributed by atoms with van der Waals surface area (Å²) in [6, 6.07) is 3.20. The number of nitrogens with zero attached hydrogens (tertiary/aromatic N) is 2. The highest BCUT2D eigenvalue weighted by molar-refractivity contribution is 5.94. The minimum absolute atomic E-state index is 0.138. The largest absolute Gasteiger partial charge is 0.395 e. The number of carbonyl (C=O) groups is 1. The van der Waals surface area contributed by atoms with Gasteiger partial charge in [-0.1, -0.05) is 0 Å². The summed E-state index contributed by atoms with van der Waals surface area (Å²) < 4.78 is 0. The molecular formula is C11H17N3O3. The second-order valence-corrected chi connectivity index (χ2v) is 3.48. The second-order valence-electron chi connectivity index (χ2n) is 3.48. The first-order chi connectivity index (χ1) is 8.22. The Morgan fingerprint density at radius 2 is 2.00 bits per heavy atom. The van der Waals surface area contributed by atoms with E-state index in [0.717, 1.165) is 0 Å². The molecule has 0 saturated heterocycles. The summed E-state index contributed by atoms with van der Waals surface area (Å²) in [5.74, 6) is -0.245. The molecule has 0 fully saturated rings. The summed E-state index contributed by atoms with van der Waals surface area (Å²) in [5.41, 5.74) is 6.53. The summed E-state index contributed by atoms with van der Waals surface area (Å²) in [6.45, 7) is 0.377. The van der Waals surface area contributed by atoms with Crippen LogP contribution in [0.2, 0.25) is 0 Å². The lowest BCUT2D eigenvalue weighted by Gasteiger charge is -2.20. The zero-order valence-electron chi connectivity index (χ0n) is 9.54. The van der Waals surface area contributed by atoms with Crippen molar-refractivity contribution in [1.29, 1.82) is 0 Å². The predicted octanol–water partition coefficient (Wildman–Crippen LogP) is -1.03. The molecule has 1 aromatic rings. The summed E-state index contributed by atoms with van der Waals surface area (Å²) in [4.78, 5) is 17.4. The van der Waals surface area contributed by atoms with Gasteiger partial charge in [-0.15, -0.1) is 0 Å². The van der Waals surface area contributed by atoms with Crippen molar-refractivity contribution in [3.8, 4) is 0 Å². The molecule has 1 heterocycles. The van der Waals surface area contributed by atoms with Crippen LogP contribution in [0.15, 0.2) is 18.3 Å². The Hall–Kier alpha value is -1.50. The Morgan fingerprint density at radius 1 is 1.35 bits per heavy atom. The van der Waals surface area contributed by atoms with Gasteiger partial charge in [0.25, 0.3) is 5.91 Å². The summed E-state index contributed by atoms with van der Waals surface area (Å²) in [5, 5.41) is 17.7. The van der Waals surface area contributed by atoms with Crippen molar-refractivity contribution in [2.24, 2.45) is 5.73 Å². The quantitative estimate of drug-likeness (QED) is 0.589. The Labute approximate surface area is 99.7 Å². The fourth-order valence-corrected chi connectivity index (χ4v) is 1.46. The molecule has 0 spiro atoms. The van der Waals surface area contributed by atoms with Crippen LogP contribution in [0.4, 0.5) is 0 Å². The topological polar surface area (TPSA) is 99.7 Å². The fraction of sp³-hybridized carbons (Fsp3) is 0.455. The number of carbonyl (C=O) groups excluding carboxylic acids is 1. The van der Waals surface area contributed by atoms with Crippen molar-refractivity contribution in [1.82, 2.24) is 9.88 Å². The SMILES string of the molecule is NCc1cc(C(=O)N(CCO)CCO)ccn1. The van der Waals surface area contributed by atoms with E-state index in [9.17, 15) is 4.79 Å². The summed E-state index contributed by atoms with van der Waals surface area (Å²) >= 11 is 0. The van der Waals surface area contributed by atoms with Crippen molar-refractivity contribution in [2.45, 2.75) is 6.54 Å². The lowest BCUT2D eigenvalue weighted by atomic mass is 10.2. The molecule has 0 unspecified atom stereocenters. The molecule has 0 aromatic carbocycles. The van der Waals surface area contributed by atoms with E-state index >= 15 is 0 Å². The van der Waals surface area contributed by atoms with Gasteiger partial charge in [0.1, 0.15) is 0 Å². The van der Waals surface area contributed by atoms with Crippen LogP contribution in [0.25, 0.3) is 0 Å². The maximum atomic E-state index is 12.0. The molecule has 0 atom stereocenters. The predicted molar refractivity (Wildman–Crippen MR) is 62.2 cm³/mol. The van der Waals surface area contributed by atoms with Crippen molar-refractivity contribution in [3.05, 3.63) is 29.6 Å². The summed E-state index contributed by atoms with van der Waals surface area (Å²) in [7, 11) is 0. The zero-order valence-corrected chi connectivity index (χ0v) is 9.54. The molecule has 0 aliphatic carbocycles. The lowest BCUT2D eigenvalue weighted by molar-refractivity contribution is 0.0684. The molecule has 1 rings (SSSR count). The van der Waals surface area contributed by atoms with Gasteiger partial charge >= 0.3 is 0 Å². The normalized spacial score (nSPS) is 10.3. The van der Waals surface area contributed by atoms with Gasteiger partial charge in [0, 0.05) is 31.4 Å². The van der Waals surface area contributed by atoms with Crippen LogP contribution in [0.1, 0.15) is 16.1 Å². The number of amides is 1.